The van der Waals surface area contributed by atoms with Crippen LogP contribution in [-0.4, -0.2) is 43.6 Å². The quantitative estimate of drug-likeness (QED) is 0.347. The number of aromatic nitrogens is 2. The Morgan fingerprint density at radius 1 is 1.09 bits per heavy atom. The summed E-state index contributed by atoms with van der Waals surface area (Å²) in [6.45, 7) is 5.24. The second kappa shape index (κ2) is 7.88. The lowest BCUT2D eigenvalue weighted by molar-refractivity contribution is -0.385. The number of benzene rings is 2. The van der Waals surface area contributed by atoms with Crippen molar-refractivity contribution in [3.05, 3.63) is 69.5 Å². The van der Waals surface area contributed by atoms with Crippen molar-refractivity contribution in [1.82, 2.24) is 20.2 Å². The summed E-state index contributed by atoms with van der Waals surface area (Å²) < 4.78 is 0. The maximum atomic E-state index is 13.1. The number of nitro groups is 1. The minimum Gasteiger partial charge on any atom is -0.344 e. The number of nitrogens with one attached hydrogen (secondary N) is 2. The number of rotatable bonds is 6. The van der Waals surface area contributed by atoms with E-state index in [1.165, 1.54) is 19.1 Å². The van der Waals surface area contributed by atoms with Crippen LogP contribution >= 0.6 is 0 Å². The van der Waals surface area contributed by atoms with E-state index in [-0.39, 0.29) is 17.0 Å². The molecular weight excluding hydrogens is 414 g/mol. The Balaban J connectivity index is 1.60. The first-order valence-corrected chi connectivity index (χ1v) is 10.1. The van der Waals surface area contributed by atoms with Gasteiger partial charge in [0.15, 0.2) is 0 Å². The van der Waals surface area contributed by atoms with Gasteiger partial charge in [0.1, 0.15) is 17.4 Å². The molecule has 0 saturated heterocycles. The fourth-order valence-electron chi connectivity index (χ4n) is 3.85. The zero-order valence-electron chi connectivity index (χ0n) is 17.7. The summed E-state index contributed by atoms with van der Waals surface area (Å²) in [7, 11) is 0. The lowest BCUT2D eigenvalue weighted by atomic mass is 10.0. The van der Waals surface area contributed by atoms with Gasteiger partial charge in [-0.3, -0.25) is 29.4 Å². The van der Waals surface area contributed by atoms with Crippen molar-refractivity contribution in [3.63, 3.8) is 0 Å². The number of H-pyrrole nitrogens is 1. The number of nitrogens with zero attached hydrogens (tertiary/aromatic N) is 3. The van der Waals surface area contributed by atoms with E-state index >= 15 is 0 Å². The summed E-state index contributed by atoms with van der Waals surface area (Å²) in [5, 5.41) is 14.2. The van der Waals surface area contributed by atoms with Crippen LogP contribution in [0.2, 0.25) is 0 Å². The van der Waals surface area contributed by atoms with E-state index in [0.29, 0.717) is 5.82 Å². The van der Waals surface area contributed by atoms with Gasteiger partial charge in [0.2, 0.25) is 5.91 Å². The first-order chi connectivity index (χ1) is 15.2. The zero-order valence-corrected chi connectivity index (χ0v) is 17.7. The average molecular weight is 435 g/mol. The van der Waals surface area contributed by atoms with Crippen LogP contribution in [-0.2, 0) is 4.79 Å². The van der Waals surface area contributed by atoms with Gasteiger partial charge in [0.25, 0.3) is 17.5 Å². The lowest BCUT2D eigenvalue weighted by Crippen LogP contribution is -2.49. The van der Waals surface area contributed by atoms with Crippen LogP contribution < -0.4 is 5.32 Å². The third-order valence-corrected chi connectivity index (χ3v) is 5.55. The molecule has 3 amide bonds. The highest BCUT2D eigenvalue weighted by molar-refractivity contribution is 6.24. The molecule has 2 heterocycles. The molecule has 0 bridgehead atoms. The van der Waals surface area contributed by atoms with E-state index in [1.54, 1.807) is 0 Å². The molecule has 2 N–H and O–H groups in total. The van der Waals surface area contributed by atoms with Crippen molar-refractivity contribution in [2.75, 3.05) is 0 Å². The molecule has 2 unspecified atom stereocenters. The molecule has 0 spiro atoms. The van der Waals surface area contributed by atoms with Crippen molar-refractivity contribution in [3.8, 4) is 0 Å². The van der Waals surface area contributed by atoms with Gasteiger partial charge in [0.05, 0.1) is 27.6 Å². The highest BCUT2D eigenvalue weighted by atomic mass is 16.6. The monoisotopic (exact) mass is 435 g/mol. The lowest BCUT2D eigenvalue weighted by Gasteiger charge is -2.26. The predicted octanol–water partition coefficient (Wildman–Crippen LogP) is 2.97. The molecule has 164 valence electrons. The minimum absolute atomic E-state index is 0.0463. The standard InChI is InChI=1S/C22H21N5O5/c1-11(2)18(19-23-14-8-4-5-9-15(14)24-19)25-20(28)12(3)26-21(29)13-7-6-10-16(27(31)32)17(13)22(26)30/h4-12,18H,1-3H3,(H,23,24)(H,25,28). The van der Waals surface area contributed by atoms with E-state index in [4.69, 9.17) is 0 Å². The average Bonchev–Trinajstić information content (AvgIpc) is 3.30. The van der Waals surface area contributed by atoms with Crippen molar-refractivity contribution >= 4 is 34.4 Å². The van der Waals surface area contributed by atoms with Crippen LogP contribution in [0.1, 0.15) is 53.4 Å². The third-order valence-electron chi connectivity index (χ3n) is 5.55. The summed E-state index contributed by atoms with van der Waals surface area (Å²) in [6.07, 6.45) is 0. The first-order valence-electron chi connectivity index (χ1n) is 10.1. The van der Waals surface area contributed by atoms with Gasteiger partial charge in [-0.25, -0.2) is 4.98 Å². The highest BCUT2D eigenvalue weighted by Crippen LogP contribution is 2.32. The van der Waals surface area contributed by atoms with Crippen molar-refractivity contribution < 1.29 is 19.3 Å². The largest absolute Gasteiger partial charge is 0.344 e. The number of fused-ring (bicyclic) bond motifs is 2. The van der Waals surface area contributed by atoms with Crippen LogP contribution in [0.5, 0.6) is 0 Å². The minimum atomic E-state index is -1.17. The van der Waals surface area contributed by atoms with Crippen LogP contribution in [0.4, 0.5) is 5.69 Å². The number of imidazole rings is 1. The highest BCUT2D eigenvalue weighted by Gasteiger charge is 2.45. The summed E-state index contributed by atoms with van der Waals surface area (Å²) in [5.41, 5.74) is 0.742. The molecule has 4 rings (SSSR count). The van der Waals surface area contributed by atoms with Crippen LogP contribution in [0.25, 0.3) is 11.0 Å². The summed E-state index contributed by atoms with van der Waals surface area (Å²) in [5.74, 6) is -1.65. The number of aromatic amines is 1. The number of carbonyl (C=O) groups excluding carboxylic acids is 3. The smallest absolute Gasteiger partial charge is 0.282 e. The summed E-state index contributed by atoms with van der Waals surface area (Å²) in [4.78, 5) is 57.9. The van der Waals surface area contributed by atoms with Gasteiger partial charge in [-0.15, -0.1) is 0 Å². The fraction of sp³-hybridized carbons (Fsp3) is 0.273. The zero-order chi connectivity index (χ0) is 23.2. The van der Waals surface area contributed by atoms with Gasteiger partial charge in [-0.1, -0.05) is 32.0 Å². The normalized spacial score (nSPS) is 15.2. The van der Waals surface area contributed by atoms with Gasteiger partial charge in [-0.2, -0.15) is 0 Å². The molecule has 0 radical (unpaired) electrons. The molecule has 0 fully saturated rings. The van der Waals surface area contributed by atoms with Gasteiger partial charge in [-0.05, 0) is 31.0 Å². The maximum absolute atomic E-state index is 13.1. The first kappa shape index (κ1) is 21.2. The van der Waals surface area contributed by atoms with Crippen LogP contribution in [0.3, 0.4) is 0 Å². The molecule has 3 aromatic rings. The number of para-hydroxylation sites is 2. The topological polar surface area (TPSA) is 138 Å². The maximum Gasteiger partial charge on any atom is 0.282 e. The van der Waals surface area contributed by atoms with E-state index in [9.17, 15) is 24.5 Å². The number of amides is 3. The molecule has 0 aliphatic carbocycles. The SMILES string of the molecule is CC(C)C(NC(=O)C(C)N1C(=O)c2cccc([N+](=O)[O-])c2C1=O)c1nc2ccccc2[nH]1. The van der Waals surface area contributed by atoms with E-state index in [1.807, 2.05) is 38.1 Å². The fourth-order valence-corrected chi connectivity index (χ4v) is 3.85. The molecule has 2 atom stereocenters. The number of imide groups is 1. The van der Waals surface area contributed by atoms with Gasteiger partial charge < -0.3 is 10.3 Å². The van der Waals surface area contributed by atoms with Crippen molar-refractivity contribution in [2.24, 2.45) is 5.92 Å². The molecular formula is C22H21N5O5. The van der Waals surface area contributed by atoms with E-state index in [2.05, 4.69) is 15.3 Å². The molecule has 2 aromatic carbocycles. The predicted molar refractivity (Wildman–Crippen MR) is 115 cm³/mol. The molecule has 32 heavy (non-hydrogen) atoms. The molecule has 1 aliphatic heterocycles. The van der Waals surface area contributed by atoms with Crippen molar-refractivity contribution in [2.45, 2.75) is 32.9 Å². The van der Waals surface area contributed by atoms with Crippen LogP contribution in [0.15, 0.2) is 42.5 Å². The Kier molecular flexibility index (Phi) is 5.21. The second-order valence-corrected chi connectivity index (χ2v) is 7.98. The molecule has 0 saturated carbocycles. The Morgan fingerprint density at radius 2 is 1.81 bits per heavy atom. The van der Waals surface area contributed by atoms with E-state index < -0.39 is 40.4 Å². The van der Waals surface area contributed by atoms with Gasteiger partial charge in [0, 0.05) is 6.07 Å². The molecule has 10 nitrogen and oxygen atoms in total. The Hall–Kier alpha value is -4.08. The summed E-state index contributed by atoms with van der Waals surface area (Å²) in [6, 6.07) is 9.63. The summed E-state index contributed by atoms with van der Waals surface area (Å²) >= 11 is 0. The Labute approximate surface area is 182 Å². The number of nitro benzene ring substituents is 1. The molecule has 1 aliphatic rings. The van der Waals surface area contributed by atoms with Gasteiger partial charge >= 0.3 is 0 Å². The van der Waals surface area contributed by atoms with Crippen LogP contribution in [0, 0.1) is 16.0 Å². The third kappa shape index (κ3) is 3.39. The van der Waals surface area contributed by atoms with Crippen molar-refractivity contribution in [1.29, 1.82) is 0 Å². The molecule has 1 aromatic heterocycles. The Bertz CT molecular complexity index is 1230. The molecule has 10 heteroatoms. The number of hydrogen-bond donors (Lipinski definition) is 2. The Morgan fingerprint density at radius 3 is 2.47 bits per heavy atom. The second-order valence-electron chi connectivity index (χ2n) is 7.98. The number of hydrogen-bond acceptors (Lipinski definition) is 6. The van der Waals surface area contributed by atoms with E-state index in [0.717, 1.165) is 22.0 Å². The number of carbonyl (C=O) groups is 3.